The summed E-state index contributed by atoms with van der Waals surface area (Å²) in [4.78, 5) is 9.45. The molecule has 2 aliphatic heterocycles. The molecule has 0 spiro atoms. The van der Waals surface area contributed by atoms with Crippen molar-refractivity contribution in [2.24, 2.45) is 16.6 Å². The fourth-order valence-corrected chi connectivity index (χ4v) is 3.75. The molecule has 0 radical (unpaired) electrons. The Morgan fingerprint density at radius 1 is 1.29 bits per heavy atom. The number of piperidine rings is 1. The summed E-state index contributed by atoms with van der Waals surface area (Å²) in [5, 5.41) is 0. The van der Waals surface area contributed by atoms with Crippen molar-refractivity contribution in [1.82, 2.24) is 9.80 Å². The molecule has 3 rings (SSSR count). The van der Waals surface area contributed by atoms with Crippen LogP contribution in [0.15, 0.2) is 21.5 Å². The maximum absolute atomic E-state index is 6.27. The molecular weight excluding hydrogens is 415 g/mol. The van der Waals surface area contributed by atoms with Crippen LogP contribution in [0.1, 0.15) is 50.2 Å². The summed E-state index contributed by atoms with van der Waals surface area (Å²) in [5.74, 6) is 3.39. The first-order valence-electron chi connectivity index (χ1n) is 8.98. The first-order chi connectivity index (χ1) is 11.1. The van der Waals surface area contributed by atoms with Crippen LogP contribution in [0.5, 0.6) is 0 Å². The molecule has 2 N–H and O–H groups in total. The number of hydrogen-bond acceptors (Lipinski definition) is 3. The van der Waals surface area contributed by atoms with Crippen LogP contribution in [0.4, 0.5) is 0 Å². The monoisotopic (exact) mass is 446 g/mol. The van der Waals surface area contributed by atoms with Gasteiger partial charge >= 0.3 is 0 Å². The molecule has 0 bridgehead atoms. The summed E-state index contributed by atoms with van der Waals surface area (Å²) in [5.41, 5.74) is 6.27. The summed E-state index contributed by atoms with van der Waals surface area (Å²) in [6.07, 6.45) is 5.04. The topological polar surface area (TPSA) is 58.0 Å². The van der Waals surface area contributed by atoms with E-state index in [4.69, 9.17) is 15.1 Å². The Hall–Kier alpha value is -0.760. The van der Waals surface area contributed by atoms with E-state index in [2.05, 4.69) is 22.8 Å². The molecule has 24 heavy (non-hydrogen) atoms. The molecule has 0 aromatic carbocycles. The Morgan fingerprint density at radius 3 is 2.67 bits per heavy atom. The van der Waals surface area contributed by atoms with Crippen molar-refractivity contribution < 1.29 is 4.42 Å². The van der Waals surface area contributed by atoms with Crippen LogP contribution in [-0.2, 0) is 0 Å². The summed E-state index contributed by atoms with van der Waals surface area (Å²) < 4.78 is 5.89. The lowest BCUT2D eigenvalue weighted by atomic mass is 10.0. The number of nitrogens with two attached hydrogens (primary N) is 1. The number of nitrogens with zero attached hydrogens (tertiary/aromatic N) is 3. The van der Waals surface area contributed by atoms with Crippen LogP contribution >= 0.6 is 24.0 Å². The van der Waals surface area contributed by atoms with Gasteiger partial charge in [0.25, 0.3) is 0 Å². The molecule has 136 valence electrons. The van der Waals surface area contributed by atoms with Gasteiger partial charge in [-0.05, 0) is 63.7 Å². The van der Waals surface area contributed by atoms with Gasteiger partial charge in [-0.15, -0.1) is 24.0 Å². The maximum atomic E-state index is 6.27. The van der Waals surface area contributed by atoms with Gasteiger partial charge in [0.2, 0.25) is 0 Å². The average Bonchev–Trinajstić information content (AvgIpc) is 3.20. The van der Waals surface area contributed by atoms with Crippen molar-refractivity contribution >= 4 is 29.9 Å². The molecule has 0 aliphatic carbocycles. The smallest absolute Gasteiger partial charge is 0.191 e. The second-order valence-electron chi connectivity index (χ2n) is 7.10. The molecule has 0 amide bonds. The van der Waals surface area contributed by atoms with Crippen molar-refractivity contribution in [3.63, 3.8) is 0 Å². The molecule has 2 atom stereocenters. The Bertz CT molecular complexity index is 539. The first-order valence-corrected chi connectivity index (χ1v) is 8.98. The van der Waals surface area contributed by atoms with Gasteiger partial charge in [-0.1, -0.05) is 6.92 Å². The molecule has 2 fully saturated rings. The van der Waals surface area contributed by atoms with E-state index >= 15 is 0 Å². The normalized spacial score (nSPS) is 24.0. The highest BCUT2D eigenvalue weighted by Crippen LogP contribution is 2.27. The second kappa shape index (κ2) is 9.08. The summed E-state index contributed by atoms with van der Waals surface area (Å²) >= 11 is 0. The zero-order chi connectivity index (χ0) is 16.2. The largest absolute Gasteiger partial charge is 0.465 e. The Balaban J connectivity index is 0.00000208. The van der Waals surface area contributed by atoms with Gasteiger partial charge in [-0.2, -0.15) is 0 Å². The van der Waals surface area contributed by atoms with Gasteiger partial charge in [0.15, 0.2) is 5.96 Å². The molecule has 1 aromatic rings. The van der Waals surface area contributed by atoms with Gasteiger partial charge in [-0.25, -0.2) is 0 Å². The fourth-order valence-electron chi connectivity index (χ4n) is 3.75. The van der Waals surface area contributed by atoms with Crippen molar-refractivity contribution in [3.8, 4) is 0 Å². The number of aliphatic imine (C=N–C) groups is 1. The van der Waals surface area contributed by atoms with Crippen LogP contribution in [-0.4, -0.2) is 48.5 Å². The number of rotatable bonds is 4. The molecule has 0 saturated carbocycles. The first kappa shape index (κ1) is 19.6. The minimum absolute atomic E-state index is 0. The van der Waals surface area contributed by atoms with Gasteiger partial charge < -0.3 is 15.1 Å². The van der Waals surface area contributed by atoms with Gasteiger partial charge in [-0.3, -0.25) is 9.89 Å². The summed E-state index contributed by atoms with van der Waals surface area (Å²) in [6, 6.07) is 4.34. The SMILES string of the molecule is Cc1ccc(C(CN=C(N)N2CCCC(C)C2)N2CCCC2)o1.I. The third-order valence-corrected chi connectivity index (χ3v) is 5.08. The fraction of sp³-hybridized carbons (Fsp3) is 0.722. The third-order valence-electron chi connectivity index (χ3n) is 5.08. The Kier molecular flexibility index (Phi) is 7.40. The molecule has 2 unspecified atom stereocenters. The lowest BCUT2D eigenvalue weighted by Crippen LogP contribution is -2.44. The molecule has 6 heteroatoms. The van der Waals surface area contributed by atoms with E-state index in [0.29, 0.717) is 18.4 Å². The second-order valence-corrected chi connectivity index (χ2v) is 7.10. The maximum Gasteiger partial charge on any atom is 0.191 e. The van der Waals surface area contributed by atoms with E-state index in [9.17, 15) is 0 Å². The highest BCUT2D eigenvalue weighted by atomic mass is 127. The third kappa shape index (κ3) is 4.88. The number of likely N-dealkylation sites (tertiary alicyclic amines) is 2. The van der Waals surface area contributed by atoms with Crippen molar-refractivity contribution in [3.05, 3.63) is 23.7 Å². The Labute approximate surface area is 162 Å². The molecule has 3 heterocycles. The van der Waals surface area contributed by atoms with E-state index in [1.807, 2.05) is 13.0 Å². The number of hydrogen-bond donors (Lipinski definition) is 1. The molecule has 5 nitrogen and oxygen atoms in total. The van der Waals surface area contributed by atoms with E-state index in [-0.39, 0.29) is 30.0 Å². The van der Waals surface area contributed by atoms with Crippen molar-refractivity contribution in [2.75, 3.05) is 32.7 Å². The number of furan rings is 1. The Morgan fingerprint density at radius 2 is 2.04 bits per heavy atom. The summed E-state index contributed by atoms with van der Waals surface area (Å²) in [6.45, 7) is 9.29. The van der Waals surface area contributed by atoms with E-state index < -0.39 is 0 Å². The highest BCUT2D eigenvalue weighted by Gasteiger charge is 2.26. The number of halogens is 1. The van der Waals surface area contributed by atoms with E-state index in [1.54, 1.807) is 0 Å². The summed E-state index contributed by atoms with van der Waals surface area (Å²) in [7, 11) is 0. The highest BCUT2D eigenvalue weighted by molar-refractivity contribution is 14.0. The quantitative estimate of drug-likeness (QED) is 0.438. The van der Waals surface area contributed by atoms with E-state index in [0.717, 1.165) is 37.7 Å². The minimum Gasteiger partial charge on any atom is -0.465 e. The van der Waals surface area contributed by atoms with Gasteiger partial charge in [0.1, 0.15) is 11.5 Å². The predicted molar refractivity (Wildman–Crippen MR) is 109 cm³/mol. The van der Waals surface area contributed by atoms with Crippen molar-refractivity contribution in [2.45, 2.75) is 45.6 Å². The zero-order valence-corrected chi connectivity index (χ0v) is 17.2. The van der Waals surface area contributed by atoms with Crippen LogP contribution in [0.25, 0.3) is 0 Å². The van der Waals surface area contributed by atoms with Crippen molar-refractivity contribution in [1.29, 1.82) is 0 Å². The molecule has 2 aliphatic rings. The minimum atomic E-state index is 0. The lowest BCUT2D eigenvalue weighted by Gasteiger charge is -2.32. The molecular formula is C18H31IN4O. The van der Waals surface area contributed by atoms with E-state index in [1.165, 1.54) is 25.7 Å². The van der Waals surface area contributed by atoms with Gasteiger partial charge in [0.05, 0.1) is 12.6 Å². The predicted octanol–water partition coefficient (Wildman–Crippen LogP) is 3.39. The average molecular weight is 446 g/mol. The number of aryl methyl sites for hydroxylation is 1. The standard InChI is InChI=1S/C18H30N4O.HI/c1-14-6-5-11-22(13-14)18(19)20-12-16(21-9-3-4-10-21)17-8-7-15(2)23-17;/h7-8,14,16H,3-6,9-13H2,1-2H3,(H2,19,20);1H. The lowest BCUT2D eigenvalue weighted by molar-refractivity contribution is 0.217. The van der Waals surface area contributed by atoms with Crippen LogP contribution in [0.2, 0.25) is 0 Å². The zero-order valence-electron chi connectivity index (χ0n) is 14.9. The van der Waals surface area contributed by atoms with Crippen LogP contribution in [0.3, 0.4) is 0 Å². The molecule has 2 saturated heterocycles. The molecule has 1 aromatic heterocycles. The van der Waals surface area contributed by atoms with Gasteiger partial charge in [0, 0.05) is 13.1 Å². The van der Waals surface area contributed by atoms with Crippen LogP contribution in [0, 0.1) is 12.8 Å². The number of guanidine groups is 1. The van der Waals surface area contributed by atoms with Crippen LogP contribution < -0.4 is 5.73 Å².